The van der Waals surface area contributed by atoms with E-state index in [-0.39, 0.29) is 18.5 Å². The predicted molar refractivity (Wildman–Crippen MR) is 92.7 cm³/mol. The highest BCUT2D eigenvalue weighted by molar-refractivity contribution is 5.83. The van der Waals surface area contributed by atoms with Gasteiger partial charge in [-0.15, -0.1) is 0 Å². The Bertz CT molecular complexity index is 540. The standard InChI is InChI=1S/C20H31NO4/c1-21(16-5-3-2-4-6-16)17(22)12-25-18(23)19-8-14-7-15(9-19)11-20(24,10-14)13-19/h14-16,24H,2-13H2,1H3/t14-,15+,19?,20?. The van der Waals surface area contributed by atoms with Crippen LogP contribution in [0.1, 0.15) is 70.6 Å². The summed E-state index contributed by atoms with van der Waals surface area (Å²) in [6.45, 7) is -0.151. The third-order valence-electron chi connectivity index (χ3n) is 7.31. The molecule has 0 heterocycles. The highest BCUT2D eigenvalue weighted by Crippen LogP contribution is 2.61. The smallest absolute Gasteiger partial charge is 0.312 e. The van der Waals surface area contributed by atoms with Crippen LogP contribution in [0, 0.1) is 17.3 Å². The molecule has 0 saturated heterocycles. The van der Waals surface area contributed by atoms with Crippen LogP contribution in [0.2, 0.25) is 0 Å². The van der Waals surface area contributed by atoms with Crippen molar-refractivity contribution in [3.8, 4) is 0 Å². The van der Waals surface area contributed by atoms with Gasteiger partial charge in [0.2, 0.25) is 0 Å². The molecule has 4 atom stereocenters. The van der Waals surface area contributed by atoms with Gasteiger partial charge in [0, 0.05) is 13.1 Å². The zero-order valence-corrected chi connectivity index (χ0v) is 15.3. The minimum atomic E-state index is -0.675. The van der Waals surface area contributed by atoms with Crippen LogP contribution in [-0.4, -0.2) is 47.2 Å². The second-order valence-corrected chi connectivity index (χ2v) is 9.34. The van der Waals surface area contributed by atoms with Crippen LogP contribution in [0.3, 0.4) is 0 Å². The number of rotatable bonds is 4. The Labute approximate surface area is 150 Å². The first kappa shape index (κ1) is 17.3. The molecular formula is C20H31NO4. The summed E-state index contributed by atoms with van der Waals surface area (Å²) in [5.74, 6) is 0.549. The maximum Gasteiger partial charge on any atom is 0.312 e. The van der Waals surface area contributed by atoms with Gasteiger partial charge in [-0.1, -0.05) is 19.3 Å². The minimum Gasteiger partial charge on any atom is -0.455 e. The van der Waals surface area contributed by atoms with Gasteiger partial charge >= 0.3 is 5.97 Å². The van der Waals surface area contributed by atoms with Gasteiger partial charge in [0.1, 0.15) is 0 Å². The number of nitrogens with zero attached hydrogens (tertiary/aromatic N) is 1. The quantitative estimate of drug-likeness (QED) is 0.793. The average Bonchev–Trinajstić information content (AvgIpc) is 2.57. The van der Waals surface area contributed by atoms with Crippen molar-refractivity contribution in [2.24, 2.45) is 17.3 Å². The summed E-state index contributed by atoms with van der Waals surface area (Å²) in [7, 11) is 1.83. The zero-order valence-electron chi connectivity index (χ0n) is 15.3. The van der Waals surface area contributed by atoms with Crippen molar-refractivity contribution in [2.45, 2.75) is 82.3 Å². The fourth-order valence-corrected chi connectivity index (χ4v) is 6.51. The van der Waals surface area contributed by atoms with Gasteiger partial charge < -0.3 is 14.7 Å². The first-order chi connectivity index (χ1) is 11.9. The number of carbonyl (C=O) groups is 2. The van der Waals surface area contributed by atoms with E-state index in [2.05, 4.69) is 0 Å². The van der Waals surface area contributed by atoms with Crippen molar-refractivity contribution in [1.29, 1.82) is 0 Å². The molecule has 5 nitrogen and oxygen atoms in total. The largest absolute Gasteiger partial charge is 0.455 e. The molecule has 4 bridgehead atoms. The van der Waals surface area contributed by atoms with Crippen LogP contribution in [-0.2, 0) is 14.3 Å². The Morgan fingerprint density at radius 1 is 1.08 bits per heavy atom. The highest BCUT2D eigenvalue weighted by atomic mass is 16.5. The lowest BCUT2D eigenvalue weighted by Gasteiger charge is -2.58. The van der Waals surface area contributed by atoms with Gasteiger partial charge in [-0.2, -0.15) is 0 Å². The van der Waals surface area contributed by atoms with Crippen LogP contribution in [0.25, 0.3) is 0 Å². The Kier molecular flexibility index (Phi) is 4.33. The average molecular weight is 349 g/mol. The van der Waals surface area contributed by atoms with Crippen LogP contribution in [0.4, 0.5) is 0 Å². The van der Waals surface area contributed by atoms with Crippen molar-refractivity contribution in [3.05, 3.63) is 0 Å². The van der Waals surface area contributed by atoms with Gasteiger partial charge in [-0.3, -0.25) is 9.59 Å². The van der Waals surface area contributed by atoms with E-state index >= 15 is 0 Å². The third kappa shape index (κ3) is 3.20. The van der Waals surface area contributed by atoms with Crippen molar-refractivity contribution in [2.75, 3.05) is 13.7 Å². The van der Waals surface area contributed by atoms with Gasteiger partial charge in [0.25, 0.3) is 5.91 Å². The van der Waals surface area contributed by atoms with E-state index in [1.54, 1.807) is 4.90 Å². The summed E-state index contributed by atoms with van der Waals surface area (Å²) in [5.41, 5.74) is -1.21. The van der Waals surface area contributed by atoms with Crippen LogP contribution >= 0.6 is 0 Å². The summed E-state index contributed by atoms with van der Waals surface area (Å²) in [6.07, 6.45) is 10.7. The third-order valence-corrected chi connectivity index (χ3v) is 7.31. The molecule has 5 aliphatic rings. The lowest BCUT2D eigenvalue weighted by molar-refractivity contribution is -0.197. The van der Waals surface area contributed by atoms with Gasteiger partial charge in [0.15, 0.2) is 6.61 Å². The summed E-state index contributed by atoms with van der Waals surface area (Å²) in [5, 5.41) is 10.8. The molecule has 1 N–H and O–H groups in total. The molecule has 140 valence electrons. The maximum absolute atomic E-state index is 12.8. The summed E-state index contributed by atoms with van der Waals surface area (Å²) in [6, 6.07) is 0.292. The molecule has 1 amide bonds. The normalized spacial score (nSPS) is 40.1. The molecule has 25 heavy (non-hydrogen) atoms. The van der Waals surface area contributed by atoms with Crippen molar-refractivity contribution < 1.29 is 19.4 Å². The molecule has 5 fully saturated rings. The minimum absolute atomic E-state index is 0.0938. The topological polar surface area (TPSA) is 66.8 Å². The number of likely N-dealkylation sites (N-methyl/N-ethyl adjacent to an activating group) is 1. The van der Waals surface area contributed by atoms with Crippen LogP contribution in [0.15, 0.2) is 0 Å². The molecule has 0 aromatic carbocycles. The number of hydrogen-bond donors (Lipinski definition) is 1. The van der Waals surface area contributed by atoms with Crippen LogP contribution < -0.4 is 0 Å². The molecule has 5 aliphatic carbocycles. The van der Waals surface area contributed by atoms with E-state index < -0.39 is 11.0 Å². The highest BCUT2D eigenvalue weighted by Gasteiger charge is 2.60. The molecule has 5 rings (SSSR count). The monoisotopic (exact) mass is 349 g/mol. The first-order valence-corrected chi connectivity index (χ1v) is 10.0. The molecule has 2 unspecified atom stereocenters. The van der Waals surface area contributed by atoms with Gasteiger partial charge in [0.05, 0.1) is 11.0 Å². The van der Waals surface area contributed by atoms with E-state index in [4.69, 9.17) is 4.74 Å². The molecule has 0 spiro atoms. The van der Waals surface area contributed by atoms with Crippen molar-refractivity contribution >= 4 is 11.9 Å². The molecule has 5 heteroatoms. The van der Waals surface area contributed by atoms with E-state index in [1.807, 2.05) is 7.05 Å². The van der Waals surface area contributed by atoms with E-state index in [0.717, 1.165) is 44.9 Å². The second-order valence-electron chi connectivity index (χ2n) is 9.34. The number of ether oxygens (including phenoxy) is 1. The number of hydrogen-bond acceptors (Lipinski definition) is 4. The van der Waals surface area contributed by atoms with Crippen molar-refractivity contribution in [3.63, 3.8) is 0 Å². The molecule has 0 aliphatic heterocycles. The Hall–Kier alpha value is -1.10. The van der Waals surface area contributed by atoms with Gasteiger partial charge in [-0.05, 0) is 63.2 Å². The number of aliphatic hydroxyl groups is 1. The van der Waals surface area contributed by atoms with E-state index in [0.29, 0.717) is 24.3 Å². The lowest BCUT2D eigenvalue weighted by atomic mass is 9.48. The van der Waals surface area contributed by atoms with Crippen molar-refractivity contribution in [1.82, 2.24) is 4.90 Å². The van der Waals surface area contributed by atoms with Crippen LogP contribution in [0.5, 0.6) is 0 Å². The van der Waals surface area contributed by atoms with E-state index in [1.165, 1.54) is 19.3 Å². The maximum atomic E-state index is 12.8. The number of carbonyl (C=O) groups excluding carboxylic acids is 2. The SMILES string of the molecule is CN(C(=O)COC(=O)C12C[C@@H]3C[C@@H](CC(O)(C3)C1)C2)C1CCCCC1. The summed E-state index contributed by atoms with van der Waals surface area (Å²) in [4.78, 5) is 27.1. The molecular weight excluding hydrogens is 318 g/mol. The fraction of sp³-hybridized carbons (Fsp3) is 0.900. The Morgan fingerprint density at radius 2 is 1.72 bits per heavy atom. The molecule has 5 saturated carbocycles. The predicted octanol–water partition coefficient (Wildman–Crippen LogP) is 2.65. The summed E-state index contributed by atoms with van der Waals surface area (Å²) >= 11 is 0. The molecule has 0 radical (unpaired) electrons. The zero-order chi connectivity index (χ0) is 17.7. The number of amides is 1. The molecule has 0 aromatic rings. The Balaban J connectivity index is 1.35. The Morgan fingerprint density at radius 3 is 2.32 bits per heavy atom. The second kappa shape index (κ2) is 6.26. The number of esters is 1. The lowest BCUT2D eigenvalue weighted by Crippen LogP contribution is -2.58. The first-order valence-electron chi connectivity index (χ1n) is 10.0. The van der Waals surface area contributed by atoms with E-state index in [9.17, 15) is 14.7 Å². The van der Waals surface area contributed by atoms with Gasteiger partial charge in [-0.25, -0.2) is 0 Å². The molecule has 0 aromatic heterocycles. The fourth-order valence-electron chi connectivity index (χ4n) is 6.51. The summed E-state index contributed by atoms with van der Waals surface area (Å²) < 4.78 is 5.50.